The van der Waals surface area contributed by atoms with E-state index in [0.29, 0.717) is 28.0 Å². The lowest BCUT2D eigenvalue weighted by molar-refractivity contribution is -0.118. The Kier molecular flexibility index (Phi) is 7.78. The topological polar surface area (TPSA) is 115 Å². The van der Waals surface area contributed by atoms with Crippen LogP contribution in [0.15, 0.2) is 81.7 Å². The quantitative estimate of drug-likeness (QED) is 0.188. The van der Waals surface area contributed by atoms with E-state index in [9.17, 15) is 9.90 Å². The highest BCUT2D eigenvalue weighted by atomic mass is 79.9. The summed E-state index contributed by atoms with van der Waals surface area (Å²) in [6.45, 7) is 1.75. The zero-order valence-electron chi connectivity index (χ0n) is 18.8. The van der Waals surface area contributed by atoms with Gasteiger partial charge in [-0.05, 0) is 61.5 Å². The smallest absolute Gasteiger partial charge is 0.250 e. The summed E-state index contributed by atoms with van der Waals surface area (Å²) in [4.78, 5) is 16.7. The van der Waals surface area contributed by atoms with E-state index in [-0.39, 0.29) is 17.4 Å². The Hall–Kier alpha value is -3.70. The first-order chi connectivity index (χ1) is 17.0. The summed E-state index contributed by atoms with van der Waals surface area (Å²) in [5.41, 5.74) is 5.51. The van der Waals surface area contributed by atoms with Crippen molar-refractivity contribution in [3.8, 4) is 28.6 Å². The lowest BCUT2D eigenvalue weighted by Crippen LogP contribution is -2.21. The number of amides is 1. The molecule has 4 aromatic rings. The second kappa shape index (κ2) is 11.2. The molecule has 2 aromatic carbocycles. The van der Waals surface area contributed by atoms with Gasteiger partial charge in [0.05, 0.1) is 18.6 Å². The summed E-state index contributed by atoms with van der Waals surface area (Å²) < 4.78 is 7.96. The van der Waals surface area contributed by atoms with Crippen molar-refractivity contribution in [2.75, 3.05) is 12.9 Å². The minimum absolute atomic E-state index is 0.0324. The standard InChI is InChI=1S/C24H21BrN6O3S/c1-15(16-5-10-20(32)21(12-16)34-2)27-28-22(33)14-35-24-30-29-23(17-4-3-11-26-13-17)31(24)19-8-6-18(25)7-9-19/h3-13,32H,14H2,1-2H3,(H,28,33)/b27-15+. The molecule has 9 nitrogen and oxygen atoms in total. The van der Waals surface area contributed by atoms with E-state index in [1.165, 1.54) is 24.9 Å². The number of benzene rings is 2. The molecule has 0 spiro atoms. The van der Waals surface area contributed by atoms with Gasteiger partial charge in [-0.1, -0.05) is 27.7 Å². The van der Waals surface area contributed by atoms with Gasteiger partial charge >= 0.3 is 0 Å². The van der Waals surface area contributed by atoms with Crippen LogP contribution in [-0.4, -0.2) is 49.3 Å². The van der Waals surface area contributed by atoms with E-state index >= 15 is 0 Å². The van der Waals surface area contributed by atoms with Crippen LogP contribution in [0.3, 0.4) is 0 Å². The molecule has 2 aromatic heterocycles. The van der Waals surface area contributed by atoms with Crippen molar-refractivity contribution in [1.82, 2.24) is 25.2 Å². The number of rotatable bonds is 8. The number of hydrogen-bond acceptors (Lipinski definition) is 8. The van der Waals surface area contributed by atoms with Crippen molar-refractivity contribution in [2.24, 2.45) is 5.10 Å². The molecule has 0 radical (unpaired) electrons. The third kappa shape index (κ3) is 5.87. The summed E-state index contributed by atoms with van der Waals surface area (Å²) >= 11 is 4.71. The molecule has 178 valence electrons. The average Bonchev–Trinajstić information content (AvgIpc) is 3.31. The van der Waals surface area contributed by atoms with E-state index in [1.807, 2.05) is 41.0 Å². The molecule has 0 aliphatic carbocycles. The maximum atomic E-state index is 12.5. The van der Waals surface area contributed by atoms with Crippen LogP contribution >= 0.6 is 27.7 Å². The van der Waals surface area contributed by atoms with Crippen molar-refractivity contribution in [3.05, 3.63) is 77.0 Å². The molecule has 0 aliphatic heterocycles. The predicted octanol–water partition coefficient (Wildman–Crippen LogP) is 4.44. The minimum atomic E-state index is -0.298. The molecule has 11 heteroatoms. The monoisotopic (exact) mass is 552 g/mol. The van der Waals surface area contributed by atoms with Crippen molar-refractivity contribution in [1.29, 1.82) is 0 Å². The Bertz CT molecular complexity index is 1360. The number of carbonyl (C=O) groups is 1. The number of nitrogens with zero attached hydrogens (tertiary/aromatic N) is 5. The number of halogens is 1. The Morgan fingerprint density at radius 2 is 2.00 bits per heavy atom. The molecule has 2 heterocycles. The number of phenolic OH excluding ortho intramolecular Hbond substituents is 1. The van der Waals surface area contributed by atoms with Gasteiger partial charge in [-0.2, -0.15) is 5.10 Å². The number of hydrazone groups is 1. The van der Waals surface area contributed by atoms with Gasteiger partial charge in [0, 0.05) is 33.7 Å². The van der Waals surface area contributed by atoms with Crippen LogP contribution in [0.1, 0.15) is 12.5 Å². The van der Waals surface area contributed by atoms with Crippen LogP contribution in [0.2, 0.25) is 0 Å². The number of methoxy groups -OCH3 is 1. The molecule has 2 N–H and O–H groups in total. The number of hydrogen-bond donors (Lipinski definition) is 2. The SMILES string of the molecule is COc1cc(/C(C)=N/NC(=O)CSc2nnc(-c3cccnc3)n2-c2ccc(Br)cc2)ccc1O. The lowest BCUT2D eigenvalue weighted by atomic mass is 10.1. The van der Waals surface area contributed by atoms with E-state index in [4.69, 9.17) is 4.74 Å². The Labute approximate surface area is 214 Å². The maximum absolute atomic E-state index is 12.5. The number of thioether (sulfide) groups is 1. The molecule has 4 rings (SSSR count). The largest absolute Gasteiger partial charge is 0.504 e. The van der Waals surface area contributed by atoms with E-state index in [1.54, 1.807) is 31.5 Å². The first kappa shape index (κ1) is 24.4. The predicted molar refractivity (Wildman–Crippen MR) is 138 cm³/mol. The third-order valence-corrected chi connectivity index (χ3v) is 6.37. The molecule has 0 aliphatic rings. The molecule has 0 atom stereocenters. The average molecular weight is 553 g/mol. The fourth-order valence-corrected chi connectivity index (χ4v) is 4.15. The van der Waals surface area contributed by atoms with Crippen molar-refractivity contribution in [2.45, 2.75) is 12.1 Å². The number of pyridine rings is 1. The third-order valence-electron chi connectivity index (χ3n) is 4.92. The van der Waals surface area contributed by atoms with Crippen LogP contribution in [-0.2, 0) is 4.79 Å². The summed E-state index contributed by atoms with van der Waals surface area (Å²) in [6.07, 6.45) is 3.41. The zero-order chi connectivity index (χ0) is 24.8. The van der Waals surface area contributed by atoms with Crippen LogP contribution in [0.5, 0.6) is 11.5 Å². The van der Waals surface area contributed by atoms with Gasteiger partial charge in [0.1, 0.15) is 0 Å². The Morgan fingerprint density at radius 1 is 1.20 bits per heavy atom. The fourth-order valence-electron chi connectivity index (χ4n) is 3.14. The highest BCUT2D eigenvalue weighted by Gasteiger charge is 2.17. The van der Waals surface area contributed by atoms with Gasteiger partial charge in [-0.25, -0.2) is 5.43 Å². The lowest BCUT2D eigenvalue weighted by Gasteiger charge is -2.10. The fraction of sp³-hybridized carbons (Fsp3) is 0.125. The van der Waals surface area contributed by atoms with Gasteiger partial charge in [0.15, 0.2) is 22.5 Å². The minimum Gasteiger partial charge on any atom is -0.504 e. The summed E-state index contributed by atoms with van der Waals surface area (Å²) in [5.74, 6) is 0.768. The molecule has 0 unspecified atom stereocenters. The maximum Gasteiger partial charge on any atom is 0.250 e. The highest BCUT2D eigenvalue weighted by Crippen LogP contribution is 2.29. The summed E-state index contributed by atoms with van der Waals surface area (Å²) in [7, 11) is 1.47. The molecular formula is C24H21BrN6O3S. The van der Waals surface area contributed by atoms with E-state index < -0.39 is 0 Å². The number of nitrogens with one attached hydrogen (secondary N) is 1. The number of aromatic nitrogens is 4. The van der Waals surface area contributed by atoms with Crippen molar-refractivity contribution < 1.29 is 14.6 Å². The highest BCUT2D eigenvalue weighted by molar-refractivity contribution is 9.10. The number of carbonyl (C=O) groups excluding carboxylic acids is 1. The molecule has 0 bridgehead atoms. The molecule has 0 fully saturated rings. The molecule has 1 amide bonds. The summed E-state index contributed by atoms with van der Waals surface area (Å²) in [5, 5.41) is 23.1. The van der Waals surface area contributed by atoms with Crippen LogP contribution < -0.4 is 10.2 Å². The first-order valence-corrected chi connectivity index (χ1v) is 12.2. The van der Waals surface area contributed by atoms with Gasteiger partial charge in [0.25, 0.3) is 5.91 Å². The van der Waals surface area contributed by atoms with Gasteiger partial charge in [-0.15, -0.1) is 10.2 Å². The number of ether oxygens (including phenoxy) is 1. The normalized spacial score (nSPS) is 11.3. The Balaban J connectivity index is 1.50. The van der Waals surface area contributed by atoms with Crippen LogP contribution in [0, 0.1) is 0 Å². The second-order valence-electron chi connectivity index (χ2n) is 7.27. The van der Waals surface area contributed by atoms with Gasteiger partial charge in [0.2, 0.25) is 0 Å². The van der Waals surface area contributed by atoms with Gasteiger partial charge in [-0.3, -0.25) is 14.3 Å². The second-order valence-corrected chi connectivity index (χ2v) is 9.13. The van der Waals surface area contributed by atoms with Gasteiger partial charge < -0.3 is 9.84 Å². The van der Waals surface area contributed by atoms with Crippen molar-refractivity contribution >= 4 is 39.3 Å². The van der Waals surface area contributed by atoms with Crippen LogP contribution in [0.25, 0.3) is 17.1 Å². The van der Waals surface area contributed by atoms with Crippen LogP contribution in [0.4, 0.5) is 0 Å². The first-order valence-electron chi connectivity index (χ1n) is 10.4. The number of phenols is 1. The summed E-state index contributed by atoms with van der Waals surface area (Å²) in [6, 6.07) is 16.3. The van der Waals surface area contributed by atoms with E-state index in [2.05, 4.69) is 41.6 Å². The molecular weight excluding hydrogens is 532 g/mol. The number of aromatic hydroxyl groups is 1. The molecule has 0 saturated heterocycles. The molecule has 0 saturated carbocycles. The molecule has 35 heavy (non-hydrogen) atoms. The van der Waals surface area contributed by atoms with Crippen molar-refractivity contribution in [3.63, 3.8) is 0 Å². The zero-order valence-corrected chi connectivity index (χ0v) is 21.2. The Morgan fingerprint density at radius 3 is 2.71 bits per heavy atom. The van der Waals surface area contributed by atoms with E-state index in [0.717, 1.165) is 15.7 Å².